The smallest absolute Gasteiger partial charge is 0.170 e. The summed E-state index contributed by atoms with van der Waals surface area (Å²) in [5, 5.41) is 0. The van der Waals surface area contributed by atoms with Gasteiger partial charge in [0.05, 0.1) is 10.6 Å². The number of anilines is 2. The molecule has 5 heteroatoms. The minimum Gasteiger partial charge on any atom is -0.399 e. The fourth-order valence-electron chi connectivity index (χ4n) is 0.719. The Kier molecular flexibility index (Phi) is 2.00. The van der Waals surface area contributed by atoms with Crippen molar-refractivity contribution in [2.75, 3.05) is 11.5 Å². The summed E-state index contributed by atoms with van der Waals surface area (Å²) in [5.41, 5.74) is 11.3. The number of nitrogen functional groups attached to an aromatic ring is 2. The third-order valence-electron chi connectivity index (χ3n) is 1.25. The predicted molar refractivity (Wildman–Crippen MR) is 43.8 cm³/mol. The molecule has 1 aromatic carbocycles. The van der Waals surface area contributed by atoms with E-state index in [1.165, 1.54) is 12.1 Å². The van der Waals surface area contributed by atoms with E-state index in [1.807, 2.05) is 0 Å². The molecule has 0 radical (unpaired) electrons. The largest absolute Gasteiger partial charge is 0.399 e. The monoisotopic (exact) mass is 172 g/mol. The Morgan fingerprint density at radius 3 is 2.27 bits per heavy atom. The Morgan fingerprint density at radius 2 is 1.82 bits per heavy atom. The molecule has 0 aliphatic rings. The topological polar surface area (TPSA) is 86.2 Å². The van der Waals surface area contributed by atoms with Crippen molar-refractivity contribution in [1.82, 2.24) is 0 Å². The average Bonchev–Trinajstić information content (AvgIpc) is 1.94. The summed E-state index contributed by atoms with van der Waals surface area (Å²) in [6.07, 6.45) is 0. The first-order valence-corrected chi connectivity index (χ1v) is 4.08. The minimum absolute atomic E-state index is 0.0833. The van der Waals surface area contributed by atoms with Gasteiger partial charge in [-0.3, -0.25) is 0 Å². The van der Waals surface area contributed by atoms with Crippen molar-refractivity contribution in [3.63, 3.8) is 0 Å². The molecule has 60 valence electrons. The second kappa shape index (κ2) is 2.79. The summed E-state index contributed by atoms with van der Waals surface area (Å²) in [5.74, 6) is 0. The van der Waals surface area contributed by atoms with Gasteiger partial charge in [0, 0.05) is 5.69 Å². The number of nitrogens with two attached hydrogens (primary N) is 2. The van der Waals surface area contributed by atoms with Gasteiger partial charge in [-0.15, -0.1) is 0 Å². The van der Waals surface area contributed by atoms with Crippen LogP contribution in [0.5, 0.6) is 0 Å². The fraction of sp³-hybridized carbons (Fsp3) is 0. The summed E-state index contributed by atoms with van der Waals surface area (Å²) in [6.45, 7) is 0. The molecule has 1 aromatic rings. The lowest BCUT2D eigenvalue weighted by molar-refractivity contribution is 0.615. The van der Waals surface area contributed by atoms with Crippen LogP contribution >= 0.6 is 0 Å². The van der Waals surface area contributed by atoms with E-state index < -0.39 is 10.7 Å². The van der Waals surface area contributed by atoms with Gasteiger partial charge in [0.15, 0.2) is 10.7 Å². The van der Waals surface area contributed by atoms with Gasteiger partial charge < -0.3 is 11.5 Å². The molecule has 0 aromatic heterocycles. The molecule has 11 heavy (non-hydrogen) atoms. The molecule has 0 amide bonds. The molecule has 0 spiro atoms. The van der Waals surface area contributed by atoms with Crippen LogP contribution in [0.1, 0.15) is 0 Å². The first-order chi connectivity index (χ1) is 5.11. The molecule has 1 rings (SSSR count). The molecule has 0 saturated carbocycles. The van der Waals surface area contributed by atoms with Gasteiger partial charge >= 0.3 is 0 Å². The van der Waals surface area contributed by atoms with E-state index in [0.29, 0.717) is 5.69 Å². The lowest BCUT2D eigenvalue weighted by Gasteiger charge is -1.98. The van der Waals surface area contributed by atoms with E-state index in [9.17, 15) is 8.42 Å². The summed E-state index contributed by atoms with van der Waals surface area (Å²) >= 11 is 0. The number of hydrogen-bond donors (Lipinski definition) is 3. The van der Waals surface area contributed by atoms with E-state index >= 15 is 0 Å². The van der Waals surface area contributed by atoms with Crippen molar-refractivity contribution in [2.24, 2.45) is 0 Å². The quantitative estimate of drug-likeness (QED) is 0.405. The maximum absolute atomic E-state index is 10.5. The molecule has 0 saturated heterocycles. The van der Waals surface area contributed by atoms with E-state index in [0.717, 1.165) is 0 Å². The lowest BCUT2D eigenvalue weighted by atomic mass is 10.3. The predicted octanol–water partition coefficient (Wildman–Crippen LogP) is -0.179. The number of benzene rings is 1. The Morgan fingerprint density at radius 1 is 1.18 bits per heavy atom. The summed E-state index contributed by atoms with van der Waals surface area (Å²) in [7, 11) is -2.64. The van der Waals surface area contributed by atoms with E-state index in [1.54, 1.807) is 6.07 Å². The van der Waals surface area contributed by atoms with Gasteiger partial charge in [-0.1, -0.05) is 0 Å². The maximum atomic E-state index is 10.5. The van der Waals surface area contributed by atoms with Crippen LogP contribution in [0.15, 0.2) is 23.1 Å². The molecule has 0 aliphatic carbocycles. The number of thiol groups is 1. The summed E-state index contributed by atoms with van der Waals surface area (Å²) in [4.78, 5) is 0.0833. The van der Waals surface area contributed by atoms with Crippen LogP contribution in [0.3, 0.4) is 0 Å². The van der Waals surface area contributed by atoms with Gasteiger partial charge in [-0.25, -0.2) is 8.42 Å². The number of hydrogen-bond acceptors (Lipinski definition) is 4. The van der Waals surface area contributed by atoms with Crippen LogP contribution in [0.2, 0.25) is 0 Å². The molecular formula is C6H8N2O2S. The zero-order valence-electron chi connectivity index (χ0n) is 5.65. The first kappa shape index (κ1) is 7.87. The summed E-state index contributed by atoms with van der Waals surface area (Å²) in [6, 6.07) is 4.36. The highest BCUT2D eigenvalue weighted by Crippen LogP contribution is 2.16. The SMILES string of the molecule is Nc1ccc(N)c([SH](=O)=O)c1. The molecule has 0 bridgehead atoms. The van der Waals surface area contributed by atoms with E-state index in [-0.39, 0.29) is 10.6 Å². The van der Waals surface area contributed by atoms with E-state index in [2.05, 4.69) is 0 Å². The molecule has 0 aliphatic heterocycles. The molecule has 4 nitrogen and oxygen atoms in total. The highest BCUT2D eigenvalue weighted by molar-refractivity contribution is 7.72. The van der Waals surface area contributed by atoms with Gasteiger partial charge in [0.25, 0.3) is 0 Å². The Bertz CT molecular complexity index is 338. The van der Waals surface area contributed by atoms with Gasteiger partial charge in [0.2, 0.25) is 0 Å². The Balaban J connectivity index is 3.35. The second-order valence-corrected chi connectivity index (χ2v) is 3.07. The molecule has 4 N–H and O–H groups in total. The third-order valence-corrected chi connectivity index (χ3v) is 2.03. The van der Waals surface area contributed by atoms with Crippen LogP contribution < -0.4 is 11.5 Å². The molecular weight excluding hydrogens is 164 g/mol. The first-order valence-electron chi connectivity index (χ1n) is 2.90. The maximum Gasteiger partial charge on any atom is 0.170 e. The Labute approximate surface area is 65.8 Å². The fourth-order valence-corrected chi connectivity index (χ4v) is 1.26. The molecule has 0 fully saturated rings. The van der Waals surface area contributed by atoms with Crippen LogP contribution in [-0.2, 0) is 10.7 Å². The van der Waals surface area contributed by atoms with Gasteiger partial charge in [-0.05, 0) is 18.2 Å². The normalized spacial score (nSPS) is 10.3. The van der Waals surface area contributed by atoms with Crippen molar-refractivity contribution in [1.29, 1.82) is 0 Å². The summed E-state index contributed by atoms with van der Waals surface area (Å²) < 4.78 is 21.0. The van der Waals surface area contributed by atoms with Gasteiger partial charge in [-0.2, -0.15) is 0 Å². The highest BCUT2D eigenvalue weighted by atomic mass is 32.2. The minimum atomic E-state index is -2.64. The van der Waals surface area contributed by atoms with Crippen molar-refractivity contribution in [3.05, 3.63) is 18.2 Å². The van der Waals surface area contributed by atoms with Crippen molar-refractivity contribution < 1.29 is 8.42 Å². The third kappa shape index (κ3) is 1.62. The zero-order chi connectivity index (χ0) is 8.43. The van der Waals surface area contributed by atoms with Crippen molar-refractivity contribution in [2.45, 2.75) is 4.90 Å². The van der Waals surface area contributed by atoms with Crippen molar-refractivity contribution >= 4 is 22.1 Å². The lowest BCUT2D eigenvalue weighted by Crippen LogP contribution is -1.94. The van der Waals surface area contributed by atoms with Crippen LogP contribution in [0.4, 0.5) is 11.4 Å². The Hall–Kier alpha value is -1.23. The van der Waals surface area contributed by atoms with E-state index in [4.69, 9.17) is 11.5 Å². The second-order valence-electron chi connectivity index (χ2n) is 2.08. The van der Waals surface area contributed by atoms with Crippen molar-refractivity contribution in [3.8, 4) is 0 Å². The molecule has 0 unspecified atom stereocenters. The van der Waals surface area contributed by atoms with Crippen LogP contribution in [-0.4, -0.2) is 8.42 Å². The average molecular weight is 172 g/mol. The standard InChI is InChI=1S/C6H8N2O2S/c7-4-1-2-5(8)6(3-4)11(9)10/h1-3,11H,7-8H2. The molecule has 0 atom stereocenters. The van der Waals surface area contributed by atoms with Crippen LogP contribution in [0, 0.1) is 0 Å². The zero-order valence-corrected chi connectivity index (χ0v) is 6.54. The highest BCUT2D eigenvalue weighted by Gasteiger charge is 2.00. The van der Waals surface area contributed by atoms with Crippen LogP contribution in [0.25, 0.3) is 0 Å². The molecule has 0 heterocycles. The van der Waals surface area contributed by atoms with Gasteiger partial charge in [0.1, 0.15) is 0 Å². The number of rotatable bonds is 1.